The van der Waals surface area contributed by atoms with Crippen molar-refractivity contribution in [1.29, 1.82) is 0 Å². The highest BCUT2D eigenvalue weighted by molar-refractivity contribution is 6.32. The maximum atomic E-state index is 6.08. The fourth-order valence-corrected chi connectivity index (χ4v) is 1.74. The predicted octanol–water partition coefficient (Wildman–Crippen LogP) is 3.40. The highest BCUT2D eigenvalue weighted by atomic mass is 35.5. The van der Waals surface area contributed by atoms with E-state index in [0.29, 0.717) is 11.2 Å². The summed E-state index contributed by atoms with van der Waals surface area (Å²) >= 11 is 6.08. The minimum atomic E-state index is 0.353. The van der Waals surface area contributed by atoms with E-state index in [0.717, 1.165) is 23.4 Å². The van der Waals surface area contributed by atoms with Crippen molar-refractivity contribution in [2.45, 2.75) is 26.3 Å². The van der Waals surface area contributed by atoms with E-state index >= 15 is 0 Å². The summed E-state index contributed by atoms with van der Waals surface area (Å²) in [5.41, 5.74) is 1.84. The van der Waals surface area contributed by atoms with Gasteiger partial charge in [0, 0.05) is 24.0 Å². The van der Waals surface area contributed by atoms with Crippen LogP contribution in [0.1, 0.15) is 20.3 Å². The molecule has 0 saturated carbocycles. The average Bonchev–Trinajstić information content (AvgIpc) is 2.42. The highest BCUT2D eigenvalue weighted by Gasteiger charge is 2.08. The van der Waals surface area contributed by atoms with Gasteiger partial charge < -0.3 is 5.32 Å². The van der Waals surface area contributed by atoms with E-state index < -0.39 is 0 Å². The lowest BCUT2D eigenvalue weighted by Crippen LogP contribution is -2.14. The molecule has 0 aliphatic heterocycles. The van der Waals surface area contributed by atoms with Crippen LogP contribution in [0.3, 0.4) is 0 Å². The number of halogens is 1. The van der Waals surface area contributed by atoms with Gasteiger partial charge in [-0.15, -0.1) is 10.2 Å². The van der Waals surface area contributed by atoms with Gasteiger partial charge in [-0.1, -0.05) is 18.5 Å². The molecule has 0 fully saturated rings. The second kappa shape index (κ2) is 5.78. The molecular weight excluding hydrogens is 248 g/mol. The number of aromatic nitrogens is 3. The van der Waals surface area contributed by atoms with Crippen LogP contribution in [-0.4, -0.2) is 21.2 Å². The van der Waals surface area contributed by atoms with Gasteiger partial charge in [-0.25, -0.2) is 0 Å². The van der Waals surface area contributed by atoms with Crippen LogP contribution in [-0.2, 0) is 0 Å². The Morgan fingerprint density at radius 1 is 1.28 bits per heavy atom. The zero-order chi connectivity index (χ0) is 13.0. The third-order valence-corrected chi connectivity index (χ3v) is 3.03. The molecule has 2 rings (SSSR count). The first-order valence-electron chi connectivity index (χ1n) is 5.91. The highest BCUT2D eigenvalue weighted by Crippen LogP contribution is 2.27. The van der Waals surface area contributed by atoms with Gasteiger partial charge >= 0.3 is 0 Å². The maximum absolute atomic E-state index is 6.08. The topological polar surface area (TPSA) is 50.7 Å². The SMILES string of the molecule is CCC(C)Nc1cc(-c2ccncc2)c(Cl)nn1. The van der Waals surface area contributed by atoms with Crippen LogP contribution in [0.4, 0.5) is 5.82 Å². The second-order valence-electron chi connectivity index (χ2n) is 4.12. The third-order valence-electron chi connectivity index (χ3n) is 2.75. The molecule has 5 heteroatoms. The molecule has 0 amide bonds. The molecule has 0 spiro atoms. The van der Waals surface area contributed by atoms with Crippen LogP contribution in [0.5, 0.6) is 0 Å². The van der Waals surface area contributed by atoms with Crippen molar-refractivity contribution in [3.05, 3.63) is 35.7 Å². The Bertz CT molecular complexity index is 516. The molecule has 4 nitrogen and oxygen atoms in total. The average molecular weight is 263 g/mol. The van der Waals surface area contributed by atoms with Gasteiger partial charge in [-0.2, -0.15) is 0 Å². The van der Waals surface area contributed by atoms with Crippen molar-refractivity contribution in [2.75, 3.05) is 5.32 Å². The minimum absolute atomic E-state index is 0.353. The zero-order valence-electron chi connectivity index (χ0n) is 10.4. The van der Waals surface area contributed by atoms with Crippen LogP contribution in [0.2, 0.25) is 5.15 Å². The van der Waals surface area contributed by atoms with E-state index in [1.807, 2.05) is 18.2 Å². The molecular formula is C13H15ClN4. The molecule has 2 aromatic heterocycles. The lowest BCUT2D eigenvalue weighted by molar-refractivity contribution is 0.755. The third kappa shape index (κ3) is 2.96. The summed E-state index contributed by atoms with van der Waals surface area (Å²) < 4.78 is 0. The first-order chi connectivity index (χ1) is 8.70. The van der Waals surface area contributed by atoms with Crippen molar-refractivity contribution in [1.82, 2.24) is 15.2 Å². The number of nitrogens with zero attached hydrogens (tertiary/aromatic N) is 3. The van der Waals surface area contributed by atoms with E-state index in [1.165, 1.54) is 0 Å². The summed E-state index contributed by atoms with van der Waals surface area (Å²) in [6.45, 7) is 4.22. The molecule has 0 saturated heterocycles. The molecule has 0 aliphatic carbocycles. The molecule has 2 heterocycles. The van der Waals surface area contributed by atoms with Crippen LogP contribution in [0, 0.1) is 0 Å². The van der Waals surface area contributed by atoms with Crippen LogP contribution in [0.15, 0.2) is 30.6 Å². The fourth-order valence-electron chi connectivity index (χ4n) is 1.54. The van der Waals surface area contributed by atoms with Crippen LogP contribution >= 0.6 is 11.6 Å². The largest absolute Gasteiger partial charge is 0.366 e. The summed E-state index contributed by atoms with van der Waals surface area (Å²) in [5.74, 6) is 0.737. The molecule has 1 N–H and O–H groups in total. The molecule has 0 aliphatic rings. The Labute approximate surface area is 111 Å². The predicted molar refractivity (Wildman–Crippen MR) is 73.6 cm³/mol. The number of hydrogen-bond donors (Lipinski definition) is 1. The smallest absolute Gasteiger partial charge is 0.159 e. The van der Waals surface area contributed by atoms with Crippen molar-refractivity contribution < 1.29 is 0 Å². The van der Waals surface area contributed by atoms with Crippen molar-refractivity contribution in [3.63, 3.8) is 0 Å². The van der Waals surface area contributed by atoms with Crippen molar-refractivity contribution >= 4 is 17.4 Å². The minimum Gasteiger partial charge on any atom is -0.366 e. The lowest BCUT2D eigenvalue weighted by Gasteiger charge is -2.12. The first kappa shape index (κ1) is 12.8. The Hall–Kier alpha value is -1.68. The van der Waals surface area contributed by atoms with Crippen LogP contribution < -0.4 is 5.32 Å². The lowest BCUT2D eigenvalue weighted by atomic mass is 10.1. The number of pyridine rings is 1. The van der Waals surface area contributed by atoms with E-state index in [-0.39, 0.29) is 0 Å². The molecule has 0 aromatic carbocycles. The van der Waals surface area contributed by atoms with E-state index in [9.17, 15) is 0 Å². The number of anilines is 1. The second-order valence-corrected chi connectivity index (χ2v) is 4.48. The molecule has 0 radical (unpaired) electrons. The summed E-state index contributed by atoms with van der Waals surface area (Å²) in [6.07, 6.45) is 4.48. The van der Waals surface area contributed by atoms with Crippen molar-refractivity contribution in [2.24, 2.45) is 0 Å². The summed E-state index contributed by atoms with van der Waals surface area (Å²) in [6, 6.07) is 6.06. The molecule has 18 heavy (non-hydrogen) atoms. The Morgan fingerprint density at radius 3 is 2.67 bits per heavy atom. The van der Waals surface area contributed by atoms with Gasteiger partial charge in [-0.05, 0) is 37.1 Å². The van der Waals surface area contributed by atoms with Gasteiger partial charge in [0.15, 0.2) is 5.15 Å². The summed E-state index contributed by atoms with van der Waals surface area (Å²) in [5, 5.41) is 11.7. The van der Waals surface area contributed by atoms with E-state index in [1.54, 1.807) is 12.4 Å². The van der Waals surface area contributed by atoms with Gasteiger partial charge in [0.1, 0.15) is 5.82 Å². The Kier molecular flexibility index (Phi) is 4.10. The molecule has 2 aromatic rings. The van der Waals surface area contributed by atoms with Gasteiger partial charge in [-0.3, -0.25) is 4.98 Å². The van der Waals surface area contributed by atoms with Gasteiger partial charge in [0.25, 0.3) is 0 Å². The van der Waals surface area contributed by atoms with Gasteiger partial charge in [0.05, 0.1) is 0 Å². The molecule has 1 atom stereocenters. The van der Waals surface area contributed by atoms with Crippen LogP contribution in [0.25, 0.3) is 11.1 Å². The Balaban J connectivity index is 2.33. The standard InChI is InChI=1S/C13H15ClN4/c1-3-9(2)16-12-8-11(13(14)18-17-12)10-4-6-15-7-5-10/h4-9H,3H2,1-2H3,(H,16,17). The van der Waals surface area contributed by atoms with E-state index in [2.05, 4.69) is 34.3 Å². The van der Waals surface area contributed by atoms with E-state index in [4.69, 9.17) is 11.6 Å². The fraction of sp³-hybridized carbons (Fsp3) is 0.308. The van der Waals surface area contributed by atoms with Crippen molar-refractivity contribution in [3.8, 4) is 11.1 Å². The molecule has 94 valence electrons. The Morgan fingerprint density at radius 2 is 2.00 bits per heavy atom. The molecule has 0 bridgehead atoms. The normalized spacial score (nSPS) is 12.2. The zero-order valence-corrected chi connectivity index (χ0v) is 11.1. The maximum Gasteiger partial charge on any atom is 0.159 e. The van der Waals surface area contributed by atoms with Gasteiger partial charge in [0.2, 0.25) is 0 Å². The summed E-state index contributed by atoms with van der Waals surface area (Å²) in [4.78, 5) is 3.99. The number of rotatable bonds is 4. The quantitative estimate of drug-likeness (QED) is 0.917. The number of nitrogens with one attached hydrogen (secondary N) is 1. The number of hydrogen-bond acceptors (Lipinski definition) is 4. The molecule has 1 unspecified atom stereocenters. The monoisotopic (exact) mass is 262 g/mol. The summed E-state index contributed by atoms with van der Waals surface area (Å²) in [7, 11) is 0. The first-order valence-corrected chi connectivity index (χ1v) is 6.28.